The maximum Gasteiger partial charge on any atom is 0.224 e. The smallest absolute Gasteiger partial charge is 0.224 e. The van der Waals surface area contributed by atoms with Gasteiger partial charge < -0.3 is 10.4 Å². The number of hydrogen-bond acceptors (Lipinski definition) is 2. The first-order chi connectivity index (χ1) is 10.1. The summed E-state index contributed by atoms with van der Waals surface area (Å²) >= 11 is 0. The highest BCUT2D eigenvalue weighted by molar-refractivity contribution is 5.78. The molecule has 0 spiro atoms. The van der Waals surface area contributed by atoms with Crippen LogP contribution in [0.4, 0.5) is 4.39 Å². The topological polar surface area (TPSA) is 49.3 Å². The summed E-state index contributed by atoms with van der Waals surface area (Å²) in [4.78, 5) is 11.7. The molecule has 0 aromatic heterocycles. The molecule has 110 valence electrons. The lowest BCUT2D eigenvalue weighted by molar-refractivity contribution is -0.120. The van der Waals surface area contributed by atoms with Crippen LogP contribution in [-0.2, 0) is 17.6 Å². The molecule has 2 N–H and O–H groups in total. The zero-order chi connectivity index (χ0) is 15.1. The molecule has 0 aliphatic heterocycles. The van der Waals surface area contributed by atoms with Crippen LogP contribution in [0.1, 0.15) is 17.5 Å². The number of aryl methyl sites for hydroxylation is 1. The Hall–Kier alpha value is -2.36. The Morgan fingerprint density at radius 1 is 1.10 bits per heavy atom. The van der Waals surface area contributed by atoms with E-state index in [0.717, 1.165) is 18.4 Å². The van der Waals surface area contributed by atoms with Gasteiger partial charge in [0.15, 0.2) is 0 Å². The average Bonchev–Trinajstić information content (AvgIpc) is 2.48. The highest BCUT2D eigenvalue weighted by atomic mass is 19.1. The van der Waals surface area contributed by atoms with Crippen LogP contribution >= 0.6 is 0 Å². The van der Waals surface area contributed by atoms with E-state index >= 15 is 0 Å². The molecule has 2 rings (SSSR count). The number of benzene rings is 2. The van der Waals surface area contributed by atoms with Crippen LogP contribution in [0, 0.1) is 5.82 Å². The molecule has 0 atom stereocenters. The van der Waals surface area contributed by atoms with E-state index in [0.29, 0.717) is 12.1 Å². The molecule has 0 radical (unpaired) electrons. The Labute approximate surface area is 123 Å². The van der Waals surface area contributed by atoms with Gasteiger partial charge in [-0.3, -0.25) is 4.79 Å². The molecular formula is C17H18FNO2. The number of carbonyl (C=O) groups excluding carboxylic acids is 1. The Balaban J connectivity index is 1.70. The molecule has 21 heavy (non-hydrogen) atoms. The zero-order valence-corrected chi connectivity index (χ0v) is 11.7. The standard InChI is InChI=1S/C17H18FNO2/c18-16-6-2-1-5-14(16)12-17(21)19-11-3-4-13-7-9-15(20)10-8-13/h1-2,5-10,20H,3-4,11-12H2,(H,19,21). The maximum atomic E-state index is 13.4. The fraction of sp³-hybridized carbons (Fsp3) is 0.235. The van der Waals surface area contributed by atoms with Crippen LogP contribution in [0.2, 0.25) is 0 Å². The van der Waals surface area contributed by atoms with Crippen molar-refractivity contribution in [1.82, 2.24) is 5.32 Å². The molecule has 0 aliphatic rings. The molecule has 0 unspecified atom stereocenters. The summed E-state index contributed by atoms with van der Waals surface area (Å²) in [6.45, 7) is 0.550. The summed E-state index contributed by atoms with van der Waals surface area (Å²) in [5, 5.41) is 12.0. The first kappa shape index (κ1) is 15.0. The van der Waals surface area contributed by atoms with Gasteiger partial charge in [-0.2, -0.15) is 0 Å². The summed E-state index contributed by atoms with van der Waals surface area (Å²) in [5.74, 6) is -0.278. The number of nitrogens with one attached hydrogen (secondary N) is 1. The number of hydrogen-bond donors (Lipinski definition) is 2. The van der Waals surface area contributed by atoms with Crippen LogP contribution in [0.3, 0.4) is 0 Å². The van der Waals surface area contributed by atoms with E-state index in [1.165, 1.54) is 6.07 Å². The van der Waals surface area contributed by atoms with E-state index in [1.54, 1.807) is 30.3 Å². The normalized spacial score (nSPS) is 10.3. The maximum absolute atomic E-state index is 13.4. The van der Waals surface area contributed by atoms with Crippen molar-refractivity contribution >= 4 is 5.91 Å². The van der Waals surface area contributed by atoms with Crippen molar-refractivity contribution in [3.8, 4) is 5.75 Å². The van der Waals surface area contributed by atoms with Crippen molar-refractivity contribution in [2.75, 3.05) is 6.54 Å². The summed E-state index contributed by atoms with van der Waals surface area (Å²) in [6.07, 6.45) is 1.68. The first-order valence-electron chi connectivity index (χ1n) is 6.93. The van der Waals surface area contributed by atoms with Gasteiger partial charge in [-0.1, -0.05) is 30.3 Å². The van der Waals surface area contributed by atoms with Crippen molar-refractivity contribution in [3.05, 3.63) is 65.5 Å². The van der Waals surface area contributed by atoms with Crippen LogP contribution in [-0.4, -0.2) is 17.6 Å². The van der Waals surface area contributed by atoms with Crippen molar-refractivity contribution in [1.29, 1.82) is 0 Å². The summed E-state index contributed by atoms with van der Waals surface area (Å²) in [5.41, 5.74) is 1.52. The number of rotatable bonds is 6. The number of aromatic hydroxyl groups is 1. The summed E-state index contributed by atoms with van der Waals surface area (Å²) in [6, 6.07) is 13.3. The van der Waals surface area contributed by atoms with Gasteiger partial charge >= 0.3 is 0 Å². The molecule has 0 saturated carbocycles. The fourth-order valence-corrected chi connectivity index (χ4v) is 2.06. The van der Waals surface area contributed by atoms with Crippen molar-refractivity contribution in [2.24, 2.45) is 0 Å². The molecule has 2 aromatic rings. The van der Waals surface area contributed by atoms with Gasteiger partial charge in [-0.05, 0) is 42.2 Å². The molecule has 0 aliphatic carbocycles. The van der Waals surface area contributed by atoms with Crippen molar-refractivity contribution < 1.29 is 14.3 Å². The fourth-order valence-electron chi connectivity index (χ4n) is 2.06. The van der Waals surface area contributed by atoms with E-state index in [9.17, 15) is 14.3 Å². The second kappa shape index (κ2) is 7.43. The minimum atomic E-state index is -0.350. The number of amides is 1. The van der Waals surface area contributed by atoms with Gasteiger partial charge in [0.1, 0.15) is 11.6 Å². The molecule has 0 saturated heterocycles. The van der Waals surface area contributed by atoms with Gasteiger partial charge in [-0.15, -0.1) is 0 Å². The van der Waals surface area contributed by atoms with Gasteiger partial charge in [0.2, 0.25) is 5.91 Å². The predicted octanol–water partition coefficient (Wildman–Crippen LogP) is 2.82. The van der Waals surface area contributed by atoms with E-state index in [-0.39, 0.29) is 23.9 Å². The molecular weight excluding hydrogens is 269 g/mol. The minimum absolute atomic E-state index is 0.0614. The second-order valence-electron chi connectivity index (χ2n) is 4.89. The number of halogens is 1. The largest absolute Gasteiger partial charge is 0.508 e. The highest BCUT2D eigenvalue weighted by Crippen LogP contribution is 2.11. The first-order valence-corrected chi connectivity index (χ1v) is 6.93. The lowest BCUT2D eigenvalue weighted by Crippen LogP contribution is -2.26. The molecule has 0 heterocycles. The quantitative estimate of drug-likeness (QED) is 0.803. The molecule has 0 fully saturated rings. The zero-order valence-electron chi connectivity index (χ0n) is 11.7. The SMILES string of the molecule is O=C(Cc1ccccc1F)NCCCc1ccc(O)cc1. The molecule has 4 heteroatoms. The summed E-state index contributed by atoms with van der Waals surface area (Å²) < 4.78 is 13.4. The molecule has 3 nitrogen and oxygen atoms in total. The Kier molecular flexibility index (Phi) is 5.32. The molecule has 1 amide bonds. The van der Waals surface area contributed by atoms with E-state index in [2.05, 4.69) is 5.32 Å². The molecule has 0 bridgehead atoms. The van der Waals surface area contributed by atoms with Gasteiger partial charge in [-0.25, -0.2) is 4.39 Å². The third kappa shape index (κ3) is 4.91. The van der Waals surface area contributed by atoms with E-state index in [1.807, 2.05) is 12.1 Å². The lowest BCUT2D eigenvalue weighted by Gasteiger charge is -2.06. The van der Waals surface area contributed by atoms with Gasteiger partial charge in [0.05, 0.1) is 6.42 Å². The van der Waals surface area contributed by atoms with Crippen LogP contribution in [0.15, 0.2) is 48.5 Å². The van der Waals surface area contributed by atoms with Crippen LogP contribution in [0.5, 0.6) is 5.75 Å². The Morgan fingerprint density at radius 3 is 2.52 bits per heavy atom. The third-order valence-electron chi connectivity index (χ3n) is 3.21. The van der Waals surface area contributed by atoms with Gasteiger partial charge in [0, 0.05) is 6.54 Å². The number of phenols is 1. The van der Waals surface area contributed by atoms with Crippen molar-refractivity contribution in [2.45, 2.75) is 19.3 Å². The highest BCUT2D eigenvalue weighted by Gasteiger charge is 2.06. The van der Waals surface area contributed by atoms with Gasteiger partial charge in [0.25, 0.3) is 0 Å². The lowest BCUT2D eigenvalue weighted by atomic mass is 10.1. The van der Waals surface area contributed by atoms with E-state index in [4.69, 9.17) is 0 Å². The Bertz CT molecular complexity index is 596. The van der Waals surface area contributed by atoms with Crippen LogP contribution < -0.4 is 5.32 Å². The number of phenolic OH excluding ortho intramolecular Hbond substituents is 1. The monoisotopic (exact) mass is 287 g/mol. The predicted molar refractivity (Wildman–Crippen MR) is 79.5 cm³/mol. The van der Waals surface area contributed by atoms with Crippen molar-refractivity contribution in [3.63, 3.8) is 0 Å². The number of carbonyl (C=O) groups is 1. The van der Waals surface area contributed by atoms with Crippen LogP contribution in [0.25, 0.3) is 0 Å². The summed E-state index contributed by atoms with van der Waals surface area (Å²) in [7, 11) is 0. The Morgan fingerprint density at radius 2 is 1.81 bits per heavy atom. The minimum Gasteiger partial charge on any atom is -0.508 e. The third-order valence-corrected chi connectivity index (χ3v) is 3.21. The molecule has 2 aromatic carbocycles. The van der Waals surface area contributed by atoms with E-state index < -0.39 is 0 Å². The second-order valence-corrected chi connectivity index (χ2v) is 4.89. The average molecular weight is 287 g/mol.